The molecule has 3 aromatic carbocycles. The minimum Gasteiger partial charge on any atom is -0.258 e. The third kappa shape index (κ3) is 2.20. The first-order chi connectivity index (χ1) is 15.0. The van der Waals surface area contributed by atoms with Crippen molar-refractivity contribution < 1.29 is 0 Å². The van der Waals surface area contributed by atoms with Crippen LogP contribution in [0, 0.1) is 96.1 Å². The Balaban J connectivity index is 3.23. The van der Waals surface area contributed by atoms with Gasteiger partial charge in [-0.3, -0.25) is 5.41 Å². The van der Waals surface area contributed by atoms with E-state index in [0.29, 0.717) is 0 Å². The fraction of sp³-hybridized carbons (Fsp3) is 0. The molecule has 9 nitrogen and oxygen atoms in total. The number of hydrogen-bond donors (Lipinski definition) is 1. The largest absolute Gasteiger partial charge is 0.258 e. The minimum absolute atomic E-state index is 0.107. The Bertz CT molecular complexity index is 1740. The molecule has 0 saturated heterocycles. The summed E-state index contributed by atoms with van der Waals surface area (Å²) in [6.07, 6.45) is 0. The number of nitriles is 8. The van der Waals surface area contributed by atoms with Crippen molar-refractivity contribution >= 4 is 27.4 Å². The molecule has 0 unspecified atom stereocenters. The fourth-order valence-electron chi connectivity index (χ4n) is 3.64. The maximum absolute atomic E-state index is 9.75. The highest BCUT2D eigenvalue weighted by molar-refractivity contribution is 6.22. The summed E-state index contributed by atoms with van der Waals surface area (Å²) >= 11 is 0. The quantitative estimate of drug-likeness (QED) is 0.554. The summed E-state index contributed by atoms with van der Waals surface area (Å²) < 4.78 is 0. The molecule has 0 atom stereocenters. The van der Waals surface area contributed by atoms with Crippen molar-refractivity contribution in [3.63, 3.8) is 0 Å². The average molecular weight is 391 g/mol. The monoisotopic (exact) mass is 391 g/mol. The topological polar surface area (TPSA) is 214 Å². The number of rotatable bonds is 0. The molecule has 0 aliphatic carbocycles. The molecular weight excluding hydrogens is 390 g/mol. The van der Waals surface area contributed by atoms with Crippen molar-refractivity contribution in [2.45, 2.75) is 0 Å². The van der Waals surface area contributed by atoms with Crippen molar-refractivity contribution in [3.8, 4) is 48.6 Å². The second-order valence-corrected chi connectivity index (χ2v) is 5.89. The molecule has 0 radical (unpaired) electrons. The van der Waals surface area contributed by atoms with E-state index in [1.165, 1.54) is 0 Å². The lowest BCUT2D eigenvalue weighted by Gasteiger charge is -2.17. The van der Waals surface area contributed by atoms with E-state index in [2.05, 4.69) is 0 Å². The van der Waals surface area contributed by atoms with Gasteiger partial charge in [-0.25, -0.2) is 0 Å². The molecule has 31 heavy (non-hydrogen) atoms. The Hall–Kier alpha value is -6.19. The van der Waals surface area contributed by atoms with E-state index >= 15 is 0 Å². The van der Waals surface area contributed by atoms with Crippen molar-refractivity contribution in [1.82, 2.24) is 0 Å². The second-order valence-electron chi connectivity index (χ2n) is 5.89. The molecule has 0 fully saturated rings. The van der Waals surface area contributed by atoms with Crippen LogP contribution in [0.15, 0.2) is 0 Å². The van der Waals surface area contributed by atoms with Crippen molar-refractivity contribution in [1.29, 1.82) is 47.5 Å². The van der Waals surface area contributed by atoms with Gasteiger partial charge in [0.1, 0.15) is 48.6 Å². The van der Waals surface area contributed by atoms with Crippen LogP contribution in [-0.4, -0.2) is 5.87 Å². The number of benzene rings is 3. The van der Waals surface area contributed by atoms with Crippen LogP contribution in [0.4, 0.5) is 0 Å². The van der Waals surface area contributed by atoms with Gasteiger partial charge in [-0.15, -0.1) is 0 Å². The summed E-state index contributed by atoms with van der Waals surface area (Å²) in [5.74, 6) is 2.00. The van der Waals surface area contributed by atoms with Gasteiger partial charge in [0.05, 0.1) is 49.7 Å². The van der Waals surface area contributed by atoms with Crippen LogP contribution in [-0.2, 0) is 0 Å². The zero-order valence-electron chi connectivity index (χ0n) is 15.1. The van der Waals surface area contributed by atoms with E-state index < -0.39 is 27.8 Å². The Kier molecular flexibility index (Phi) is 4.47. The highest BCUT2D eigenvalue weighted by Crippen LogP contribution is 2.40. The molecule has 0 spiro atoms. The smallest absolute Gasteiger partial charge is 0.102 e. The zero-order chi connectivity index (χ0) is 22.9. The standard InChI is InChI=1S/C22HN9/c23-1-10-13(4-26)19-15(6-28)11(2-24)17(8-30)21-18(9-31)12(3-25)16(7-29)20(22(19)21)14(10)5-27/h26H. The molecular formula is C22HN9. The third-order valence-electron chi connectivity index (χ3n) is 4.77. The van der Waals surface area contributed by atoms with Gasteiger partial charge < -0.3 is 0 Å². The zero-order valence-corrected chi connectivity index (χ0v) is 15.1. The van der Waals surface area contributed by atoms with Crippen LogP contribution in [0.5, 0.6) is 0 Å². The average Bonchev–Trinajstić information content (AvgIpc) is 2.81. The van der Waals surface area contributed by atoms with Crippen molar-refractivity contribution in [3.05, 3.63) is 49.7 Å². The number of nitrogens with zero attached hydrogens (tertiary/aromatic N) is 8. The van der Waals surface area contributed by atoms with E-state index in [-0.39, 0.29) is 43.5 Å². The molecule has 3 rings (SSSR count). The number of hydrogen-bond acceptors (Lipinski definition) is 9. The third-order valence-corrected chi connectivity index (χ3v) is 4.77. The Morgan fingerprint density at radius 2 is 0.645 bits per heavy atom. The van der Waals surface area contributed by atoms with Gasteiger partial charge in [-0.1, -0.05) is 0 Å². The molecule has 0 aromatic heterocycles. The fourth-order valence-corrected chi connectivity index (χ4v) is 3.64. The summed E-state index contributed by atoms with van der Waals surface area (Å²) in [7, 11) is 0. The SMILES string of the molecule is N#Cc1c(C#N)c2c(C#N)c(C#N)c(C#N)c3c(=C=N)c(C#N)c(C#N)c(c1C#N)c23. The van der Waals surface area contributed by atoms with Crippen molar-refractivity contribution in [2.75, 3.05) is 0 Å². The first-order valence-electron chi connectivity index (χ1n) is 8.04. The molecule has 9 heteroatoms. The molecule has 0 aliphatic rings. The summed E-state index contributed by atoms with van der Waals surface area (Å²) in [6, 6.07) is 14.0. The minimum atomic E-state index is -0.434. The second kappa shape index (κ2) is 7.09. The van der Waals surface area contributed by atoms with Crippen LogP contribution in [0.1, 0.15) is 44.5 Å². The summed E-state index contributed by atoms with van der Waals surface area (Å²) in [5.41, 5.74) is -3.16. The molecule has 134 valence electrons. The molecule has 3 aromatic rings. The first kappa shape index (κ1) is 19.6. The van der Waals surface area contributed by atoms with Gasteiger partial charge in [0.2, 0.25) is 0 Å². The highest BCUT2D eigenvalue weighted by atomic mass is 14.4. The van der Waals surface area contributed by atoms with Gasteiger partial charge in [0, 0.05) is 21.5 Å². The van der Waals surface area contributed by atoms with Gasteiger partial charge in [0.25, 0.3) is 0 Å². The van der Waals surface area contributed by atoms with Crippen LogP contribution >= 0.6 is 0 Å². The van der Waals surface area contributed by atoms with Crippen LogP contribution in [0.2, 0.25) is 0 Å². The van der Waals surface area contributed by atoms with E-state index in [4.69, 9.17) is 5.41 Å². The molecule has 0 heterocycles. The summed E-state index contributed by atoms with van der Waals surface area (Å²) in [5, 5.41) is 84.3. The Labute approximate surface area is 173 Å². The lowest BCUT2D eigenvalue weighted by atomic mass is 9.80. The van der Waals surface area contributed by atoms with Crippen molar-refractivity contribution in [2.24, 2.45) is 0 Å². The summed E-state index contributed by atoms with van der Waals surface area (Å²) in [4.78, 5) is 0. The predicted octanol–water partition coefficient (Wildman–Crippen LogP) is 1.61. The highest BCUT2D eigenvalue weighted by Gasteiger charge is 2.30. The van der Waals surface area contributed by atoms with Crippen LogP contribution < -0.4 is 5.22 Å². The predicted molar refractivity (Wildman–Crippen MR) is 101 cm³/mol. The van der Waals surface area contributed by atoms with E-state index in [0.717, 1.165) is 0 Å². The molecule has 0 amide bonds. The Morgan fingerprint density at radius 1 is 0.355 bits per heavy atom. The molecule has 1 N–H and O–H groups in total. The van der Waals surface area contributed by atoms with Gasteiger partial charge >= 0.3 is 0 Å². The van der Waals surface area contributed by atoms with Gasteiger partial charge in [0.15, 0.2) is 0 Å². The van der Waals surface area contributed by atoms with Crippen LogP contribution in [0.25, 0.3) is 21.5 Å². The lowest BCUT2D eigenvalue weighted by Crippen LogP contribution is -2.17. The number of nitrogens with one attached hydrogen (secondary N) is 1. The van der Waals surface area contributed by atoms with Crippen LogP contribution in [0.3, 0.4) is 0 Å². The van der Waals surface area contributed by atoms with E-state index in [9.17, 15) is 42.1 Å². The van der Waals surface area contributed by atoms with Gasteiger partial charge in [-0.05, 0) is 5.87 Å². The maximum Gasteiger partial charge on any atom is 0.102 e. The molecule has 0 aliphatic heterocycles. The first-order valence-corrected chi connectivity index (χ1v) is 8.04. The van der Waals surface area contributed by atoms with E-state index in [1.807, 2.05) is 5.87 Å². The van der Waals surface area contributed by atoms with Gasteiger partial charge in [-0.2, -0.15) is 42.1 Å². The molecule has 0 saturated carbocycles. The maximum atomic E-state index is 9.75. The lowest BCUT2D eigenvalue weighted by molar-refractivity contribution is 1.38. The summed E-state index contributed by atoms with van der Waals surface area (Å²) in [6.45, 7) is 0. The van der Waals surface area contributed by atoms with E-state index in [1.54, 1.807) is 48.6 Å². The normalized spacial score (nSPS) is 9.03. The Morgan fingerprint density at radius 3 is 0.935 bits per heavy atom. The molecule has 0 bridgehead atoms.